The lowest BCUT2D eigenvalue weighted by molar-refractivity contribution is 1.36. The molecule has 0 unspecified atom stereocenters. The van der Waals surface area contributed by atoms with E-state index in [0.29, 0.717) is 11.1 Å². The lowest BCUT2D eigenvalue weighted by Gasteiger charge is -2.19. The summed E-state index contributed by atoms with van der Waals surface area (Å²) >= 11 is 0. The molecule has 1 aliphatic carbocycles. The summed E-state index contributed by atoms with van der Waals surface area (Å²) in [6, 6.07) is 33.3. The second-order valence-corrected chi connectivity index (χ2v) is 9.03. The molecule has 6 rings (SSSR count). The lowest BCUT2D eigenvalue weighted by Crippen LogP contribution is -2.17. The van der Waals surface area contributed by atoms with Gasteiger partial charge in [0.25, 0.3) is 0 Å². The molecule has 0 fully saturated rings. The average molecular weight is 486 g/mol. The van der Waals surface area contributed by atoms with Crippen LogP contribution in [0.5, 0.6) is 0 Å². The Bertz CT molecular complexity index is 1900. The SMILES string of the molecule is N#Cc1ccc(C#N)c(-c2ccc(-c3ccc(-c4nc5ccccc5c5c4C=CC(=N)C5=N)cc3)cc2)c1. The van der Waals surface area contributed by atoms with Gasteiger partial charge in [-0.05, 0) is 53.1 Å². The molecule has 4 aromatic carbocycles. The zero-order valence-electron chi connectivity index (χ0n) is 20.2. The van der Waals surface area contributed by atoms with Crippen molar-refractivity contribution >= 4 is 28.4 Å². The van der Waals surface area contributed by atoms with Gasteiger partial charge in [-0.2, -0.15) is 10.5 Å². The highest BCUT2D eigenvalue weighted by atomic mass is 14.7. The van der Waals surface area contributed by atoms with Crippen molar-refractivity contribution in [2.24, 2.45) is 0 Å². The van der Waals surface area contributed by atoms with Gasteiger partial charge in [0.05, 0.1) is 45.9 Å². The molecule has 5 nitrogen and oxygen atoms in total. The van der Waals surface area contributed by atoms with Crippen LogP contribution < -0.4 is 0 Å². The number of nitriles is 2. The summed E-state index contributed by atoms with van der Waals surface area (Å²) < 4.78 is 0. The molecule has 1 aliphatic rings. The molecule has 2 N–H and O–H groups in total. The summed E-state index contributed by atoms with van der Waals surface area (Å²) in [5.74, 6) is 0. The predicted octanol–water partition coefficient (Wildman–Crippen LogP) is 7.39. The predicted molar refractivity (Wildman–Crippen MR) is 151 cm³/mol. The van der Waals surface area contributed by atoms with Gasteiger partial charge in [0.2, 0.25) is 0 Å². The number of aromatic nitrogens is 1. The largest absolute Gasteiger partial charge is 0.299 e. The Morgan fingerprint density at radius 1 is 0.658 bits per heavy atom. The normalized spacial score (nSPS) is 12.2. The number of hydrogen-bond acceptors (Lipinski definition) is 5. The van der Waals surface area contributed by atoms with Crippen LogP contribution in [0.1, 0.15) is 22.3 Å². The van der Waals surface area contributed by atoms with Crippen LogP contribution >= 0.6 is 0 Å². The second kappa shape index (κ2) is 9.09. The molecule has 1 aromatic heterocycles. The number of fused-ring (bicyclic) bond motifs is 3. The Morgan fingerprint density at radius 2 is 1.32 bits per heavy atom. The fourth-order valence-corrected chi connectivity index (χ4v) is 4.88. The van der Waals surface area contributed by atoms with E-state index in [1.54, 1.807) is 24.3 Å². The number of rotatable bonds is 3. The molecule has 0 bridgehead atoms. The van der Waals surface area contributed by atoms with Crippen molar-refractivity contribution < 1.29 is 0 Å². The maximum Gasteiger partial charge on any atom is 0.0998 e. The van der Waals surface area contributed by atoms with Gasteiger partial charge in [0.1, 0.15) is 0 Å². The number of nitrogens with one attached hydrogen (secondary N) is 2. The lowest BCUT2D eigenvalue weighted by atomic mass is 9.88. The van der Waals surface area contributed by atoms with Crippen LogP contribution in [0.2, 0.25) is 0 Å². The van der Waals surface area contributed by atoms with E-state index in [-0.39, 0.29) is 11.4 Å². The van der Waals surface area contributed by atoms with Crippen molar-refractivity contribution in [3.63, 3.8) is 0 Å². The van der Waals surface area contributed by atoms with E-state index in [2.05, 4.69) is 12.1 Å². The number of benzene rings is 4. The average Bonchev–Trinajstić information content (AvgIpc) is 2.98. The molecule has 5 heteroatoms. The van der Waals surface area contributed by atoms with Gasteiger partial charge in [-0.15, -0.1) is 0 Å². The van der Waals surface area contributed by atoms with Gasteiger partial charge in [-0.25, -0.2) is 4.98 Å². The van der Waals surface area contributed by atoms with Crippen LogP contribution in [-0.4, -0.2) is 16.4 Å². The number of allylic oxidation sites excluding steroid dienone is 1. The smallest absolute Gasteiger partial charge is 0.0998 e. The second-order valence-electron chi connectivity index (χ2n) is 9.03. The first kappa shape index (κ1) is 22.8. The molecule has 0 radical (unpaired) electrons. The van der Waals surface area contributed by atoms with Crippen molar-refractivity contribution in [2.45, 2.75) is 0 Å². The molecule has 0 atom stereocenters. The topological polar surface area (TPSA) is 108 Å². The highest BCUT2D eigenvalue weighted by Crippen LogP contribution is 2.35. The zero-order valence-corrected chi connectivity index (χ0v) is 20.2. The van der Waals surface area contributed by atoms with Gasteiger partial charge in [0.15, 0.2) is 0 Å². The van der Waals surface area contributed by atoms with Crippen molar-refractivity contribution in [1.82, 2.24) is 4.98 Å². The quantitative estimate of drug-likeness (QED) is 0.278. The first-order valence-corrected chi connectivity index (χ1v) is 12.0. The van der Waals surface area contributed by atoms with E-state index in [4.69, 9.17) is 15.8 Å². The summed E-state index contributed by atoms with van der Waals surface area (Å²) in [4.78, 5) is 4.93. The van der Waals surface area contributed by atoms with Crippen molar-refractivity contribution in [3.8, 4) is 45.6 Å². The minimum absolute atomic E-state index is 0.194. The molecule has 176 valence electrons. The third kappa shape index (κ3) is 3.76. The maximum absolute atomic E-state index is 9.49. The first-order chi connectivity index (χ1) is 18.6. The molecule has 0 aliphatic heterocycles. The molecule has 0 spiro atoms. The van der Waals surface area contributed by atoms with Crippen LogP contribution in [-0.2, 0) is 0 Å². The molecule has 38 heavy (non-hydrogen) atoms. The van der Waals surface area contributed by atoms with E-state index >= 15 is 0 Å². The van der Waals surface area contributed by atoms with Gasteiger partial charge < -0.3 is 0 Å². The number of nitrogens with zero attached hydrogens (tertiary/aromatic N) is 3. The molecule has 1 heterocycles. The Kier molecular flexibility index (Phi) is 5.45. The fourth-order valence-electron chi connectivity index (χ4n) is 4.88. The number of pyridine rings is 1. The van der Waals surface area contributed by atoms with Gasteiger partial charge in [-0.3, -0.25) is 10.8 Å². The number of para-hydroxylation sites is 1. The van der Waals surface area contributed by atoms with Crippen molar-refractivity contribution in [3.05, 3.63) is 119 Å². The Hall–Kier alpha value is -5.65. The molecule has 5 aromatic rings. The molecule has 0 amide bonds. The Balaban J connectivity index is 1.38. The minimum atomic E-state index is 0.194. The zero-order chi connectivity index (χ0) is 26.2. The number of hydrogen-bond donors (Lipinski definition) is 2. The highest BCUT2D eigenvalue weighted by molar-refractivity contribution is 6.54. The third-order valence-corrected chi connectivity index (χ3v) is 6.82. The van der Waals surface area contributed by atoms with E-state index in [9.17, 15) is 10.5 Å². The summed E-state index contributed by atoms with van der Waals surface area (Å²) in [5.41, 5.74) is 9.26. The van der Waals surface area contributed by atoms with Gasteiger partial charge in [-0.1, -0.05) is 66.7 Å². The summed E-state index contributed by atoms with van der Waals surface area (Å²) in [5, 5.41) is 36.3. The molecule has 0 saturated heterocycles. The van der Waals surface area contributed by atoms with E-state index < -0.39 is 0 Å². The van der Waals surface area contributed by atoms with Crippen LogP contribution in [0.25, 0.3) is 50.5 Å². The minimum Gasteiger partial charge on any atom is -0.299 e. The van der Waals surface area contributed by atoms with E-state index in [0.717, 1.165) is 55.5 Å². The highest BCUT2D eigenvalue weighted by Gasteiger charge is 2.22. The van der Waals surface area contributed by atoms with E-state index in [1.807, 2.05) is 78.9 Å². The van der Waals surface area contributed by atoms with Crippen molar-refractivity contribution in [1.29, 1.82) is 21.3 Å². The molecule has 0 saturated carbocycles. The fraction of sp³-hybridized carbons (Fsp3) is 0. The summed E-state index contributed by atoms with van der Waals surface area (Å²) in [7, 11) is 0. The van der Waals surface area contributed by atoms with E-state index in [1.165, 1.54) is 0 Å². The standard InChI is InChI=1S/C33H19N5/c34-18-20-5-6-25(19-35)28(17-20)23-11-7-21(8-12-23)22-9-13-24(14-10-22)33-27-15-16-29(36)32(37)31(27)26-3-1-2-4-30(26)38-33/h1-17,36-37H. The van der Waals surface area contributed by atoms with Gasteiger partial charge >= 0.3 is 0 Å². The van der Waals surface area contributed by atoms with Gasteiger partial charge in [0, 0.05) is 27.6 Å². The third-order valence-electron chi connectivity index (χ3n) is 6.82. The summed E-state index contributed by atoms with van der Waals surface area (Å²) in [6.07, 6.45) is 3.54. The Labute approximate surface area is 219 Å². The van der Waals surface area contributed by atoms with Crippen LogP contribution in [0.15, 0.2) is 97.1 Å². The monoisotopic (exact) mass is 485 g/mol. The molecular weight excluding hydrogens is 466 g/mol. The Morgan fingerprint density at radius 3 is 2.00 bits per heavy atom. The molecular formula is C33H19N5. The first-order valence-electron chi connectivity index (χ1n) is 12.0. The van der Waals surface area contributed by atoms with Crippen LogP contribution in [0, 0.1) is 33.5 Å². The summed E-state index contributed by atoms with van der Waals surface area (Å²) in [6.45, 7) is 0. The van der Waals surface area contributed by atoms with Crippen LogP contribution in [0.3, 0.4) is 0 Å². The maximum atomic E-state index is 9.49. The van der Waals surface area contributed by atoms with Crippen molar-refractivity contribution in [2.75, 3.05) is 0 Å². The van der Waals surface area contributed by atoms with Crippen LogP contribution in [0.4, 0.5) is 0 Å².